The Morgan fingerprint density at radius 2 is 2.33 bits per heavy atom. The second kappa shape index (κ2) is 4.49. The largest absolute Gasteiger partial charge is 0.294 e. The maximum atomic E-state index is 12.6. The molecule has 3 aromatic rings. The van der Waals surface area contributed by atoms with Crippen LogP contribution in [0.2, 0.25) is 0 Å². The number of hydrogen-bond donors (Lipinski definition) is 0. The molecule has 0 bridgehead atoms. The van der Waals surface area contributed by atoms with Gasteiger partial charge in [0.15, 0.2) is 0 Å². The van der Waals surface area contributed by atoms with Gasteiger partial charge in [-0.15, -0.1) is 11.3 Å². The molecule has 0 aliphatic heterocycles. The van der Waals surface area contributed by atoms with Crippen LogP contribution >= 0.6 is 11.3 Å². The van der Waals surface area contributed by atoms with E-state index in [1.165, 1.54) is 29.0 Å². The number of thiophene rings is 1. The molecule has 1 aliphatic rings. The number of pyridine rings is 1. The SMILES string of the molecule is C=C(C)Cn1cnc2c(sc3nc4c(cc32)CCC4)c1=O. The summed E-state index contributed by atoms with van der Waals surface area (Å²) in [4.78, 5) is 22.7. The Bertz CT molecular complexity index is 951. The van der Waals surface area contributed by atoms with Crippen molar-refractivity contribution in [1.29, 1.82) is 0 Å². The second-order valence-corrected chi connectivity index (χ2v) is 6.71. The molecule has 4 nitrogen and oxygen atoms in total. The number of hydrogen-bond acceptors (Lipinski definition) is 4. The number of allylic oxidation sites excluding steroid dienone is 1. The van der Waals surface area contributed by atoms with E-state index in [4.69, 9.17) is 4.98 Å². The molecule has 0 N–H and O–H groups in total. The quantitative estimate of drug-likeness (QED) is 0.683. The van der Waals surface area contributed by atoms with E-state index in [9.17, 15) is 4.79 Å². The van der Waals surface area contributed by atoms with Crippen molar-refractivity contribution in [3.63, 3.8) is 0 Å². The smallest absolute Gasteiger partial charge is 0.271 e. The van der Waals surface area contributed by atoms with Crippen molar-refractivity contribution < 1.29 is 0 Å². The molecule has 0 saturated carbocycles. The van der Waals surface area contributed by atoms with Crippen LogP contribution in [-0.4, -0.2) is 14.5 Å². The molecular weight excluding hydrogens is 282 g/mol. The van der Waals surface area contributed by atoms with E-state index < -0.39 is 0 Å². The second-order valence-electron chi connectivity index (χ2n) is 5.71. The van der Waals surface area contributed by atoms with E-state index in [1.54, 1.807) is 10.9 Å². The molecule has 106 valence electrons. The molecule has 0 amide bonds. The molecular formula is C16H15N3OS. The van der Waals surface area contributed by atoms with Crippen molar-refractivity contribution in [3.05, 3.63) is 46.2 Å². The van der Waals surface area contributed by atoms with Crippen LogP contribution in [0.25, 0.3) is 20.4 Å². The predicted octanol–water partition coefficient (Wildman–Crippen LogP) is 3.07. The van der Waals surface area contributed by atoms with Crippen LogP contribution in [0.4, 0.5) is 0 Å². The van der Waals surface area contributed by atoms with E-state index in [0.717, 1.165) is 34.1 Å². The lowest BCUT2D eigenvalue weighted by Crippen LogP contribution is -2.19. The Hall–Kier alpha value is -2.01. The van der Waals surface area contributed by atoms with Gasteiger partial charge in [-0.3, -0.25) is 9.36 Å². The monoisotopic (exact) mass is 297 g/mol. The zero-order valence-corrected chi connectivity index (χ0v) is 12.7. The van der Waals surface area contributed by atoms with Crippen LogP contribution in [0.15, 0.2) is 29.3 Å². The van der Waals surface area contributed by atoms with Gasteiger partial charge in [-0.25, -0.2) is 9.97 Å². The van der Waals surface area contributed by atoms with Crippen molar-refractivity contribution in [2.24, 2.45) is 0 Å². The van der Waals surface area contributed by atoms with Crippen molar-refractivity contribution >= 4 is 31.8 Å². The van der Waals surface area contributed by atoms with Crippen molar-refractivity contribution in [2.75, 3.05) is 0 Å². The zero-order valence-electron chi connectivity index (χ0n) is 11.8. The molecule has 21 heavy (non-hydrogen) atoms. The molecule has 1 aliphatic carbocycles. The molecule has 0 unspecified atom stereocenters. The van der Waals surface area contributed by atoms with Crippen LogP contribution in [-0.2, 0) is 19.4 Å². The van der Waals surface area contributed by atoms with Gasteiger partial charge in [0.2, 0.25) is 0 Å². The Labute approximate surface area is 125 Å². The van der Waals surface area contributed by atoms with Crippen LogP contribution in [0.3, 0.4) is 0 Å². The number of fused-ring (bicyclic) bond motifs is 4. The van der Waals surface area contributed by atoms with Gasteiger partial charge >= 0.3 is 0 Å². The third-order valence-electron chi connectivity index (χ3n) is 3.91. The molecule has 4 rings (SSSR count). The summed E-state index contributed by atoms with van der Waals surface area (Å²) < 4.78 is 2.32. The number of aryl methyl sites for hydroxylation is 2. The molecule has 0 spiro atoms. The average molecular weight is 297 g/mol. The van der Waals surface area contributed by atoms with Gasteiger partial charge in [-0.1, -0.05) is 12.2 Å². The number of aromatic nitrogens is 3. The molecule has 0 saturated heterocycles. The lowest BCUT2D eigenvalue weighted by Gasteiger charge is -2.03. The summed E-state index contributed by atoms with van der Waals surface area (Å²) in [6, 6.07) is 2.18. The molecule has 3 heterocycles. The summed E-state index contributed by atoms with van der Waals surface area (Å²) in [7, 11) is 0. The Morgan fingerprint density at radius 3 is 3.14 bits per heavy atom. The van der Waals surface area contributed by atoms with E-state index in [1.807, 2.05) is 6.92 Å². The highest BCUT2D eigenvalue weighted by atomic mass is 32.1. The highest BCUT2D eigenvalue weighted by Gasteiger charge is 2.18. The van der Waals surface area contributed by atoms with E-state index in [-0.39, 0.29) is 5.56 Å². The molecule has 0 radical (unpaired) electrons. The first-order chi connectivity index (χ1) is 10.1. The van der Waals surface area contributed by atoms with Gasteiger partial charge in [-0.2, -0.15) is 0 Å². The lowest BCUT2D eigenvalue weighted by atomic mass is 10.2. The highest BCUT2D eigenvalue weighted by molar-refractivity contribution is 7.25. The van der Waals surface area contributed by atoms with Crippen molar-refractivity contribution in [2.45, 2.75) is 32.7 Å². The van der Waals surface area contributed by atoms with E-state index >= 15 is 0 Å². The Morgan fingerprint density at radius 1 is 1.48 bits per heavy atom. The van der Waals surface area contributed by atoms with Gasteiger partial charge in [0, 0.05) is 17.6 Å². The molecule has 0 aromatic carbocycles. The van der Waals surface area contributed by atoms with Gasteiger partial charge in [-0.05, 0) is 37.8 Å². The maximum Gasteiger partial charge on any atom is 0.271 e. The summed E-state index contributed by atoms with van der Waals surface area (Å²) in [6.07, 6.45) is 4.93. The average Bonchev–Trinajstić information content (AvgIpc) is 3.02. The first-order valence-electron chi connectivity index (χ1n) is 7.08. The third kappa shape index (κ3) is 1.92. The van der Waals surface area contributed by atoms with Crippen molar-refractivity contribution in [1.82, 2.24) is 14.5 Å². The van der Waals surface area contributed by atoms with Crippen LogP contribution in [0, 0.1) is 0 Å². The standard InChI is InChI=1S/C16H15N3OS/c1-9(2)7-19-8-17-13-11-6-10-4-3-5-12(10)18-15(11)21-14(13)16(19)20/h6,8H,1,3-5,7H2,2H3. The summed E-state index contributed by atoms with van der Waals surface area (Å²) in [5.41, 5.74) is 4.24. The molecule has 0 atom stereocenters. The Balaban J connectivity index is 2.01. The van der Waals surface area contributed by atoms with Crippen LogP contribution in [0.1, 0.15) is 24.6 Å². The van der Waals surface area contributed by atoms with Gasteiger partial charge in [0.1, 0.15) is 9.53 Å². The number of rotatable bonds is 2. The first kappa shape index (κ1) is 12.7. The zero-order chi connectivity index (χ0) is 14.6. The third-order valence-corrected chi connectivity index (χ3v) is 4.98. The number of nitrogens with zero attached hydrogens (tertiary/aromatic N) is 3. The van der Waals surface area contributed by atoms with Crippen LogP contribution in [0.5, 0.6) is 0 Å². The fraction of sp³-hybridized carbons (Fsp3) is 0.312. The first-order valence-corrected chi connectivity index (χ1v) is 7.90. The predicted molar refractivity (Wildman–Crippen MR) is 86.0 cm³/mol. The normalized spacial score (nSPS) is 14.0. The van der Waals surface area contributed by atoms with Gasteiger partial charge in [0.25, 0.3) is 5.56 Å². The minimum atomic E-state index is 0.00570. The maximum absolute atomic E-state index is 12.6. The minimum absolute atomic E-state index is 0.00570. The molecule has 3 aromatic heterocycles. The summed E-state index contributed by atoms with van der Waals surface area (Å²) in [5, 5.41) is 1.02. The molecule has 0 fully saturated rings. The summed E-state index contributed by atoms with van der Waals surface area (Å²) >= 11 is 1.46. The van der Waals surface area contributed by atoms with E-state index in [2.05, 4.69) is 17.6 Å². The highest BCUT2D eigenvalue weighted by Crippen LogP contribution is 2.33. The van der Waals surface area contributed by atoms with Gasteiger partial charge < -0.3 is 0 Å². The van der Waals surface area contributed by atoms with Crippen LogP contribution < -0.4 is 5.56 Å². The fourth-order valence-electron chi connectivity index (χ4n) is 2.95. The van der Waals surface area contributed by atoms with Crippen molar-refractivity contribution in [3.8, 4) is 0 Å². The fourth-order valence-corrected chi connectivity index (χ4v) is 4.03. The topological polar surface area (TPSA) is 47.8 Å². The lowest BCUT2D eigenvalue weighted by molar-refractivity contribution is 0.740. The van der Waals surface area contributed by atoms with E-state index in [0.29, 0.717) is 11.2 Å². The minimum Gasteiger partial charge on any atom is -0.294 e. The Kier molecular flexibility index (Phi) is 2.72. The summed E-state index contributed by atoms with van der Waals surface area (Å²) in [6.45, 7) is 6.28. The summed E-state index contributed by atoms with van der Waals surface area (Å²) in [5.74, 6) is 0. The molecule has 5 heteroatoms. The van der Waals surface area contributed by atoms with Gasteiger partial charge in [0.05, 0.1) is 11.8 Å².